The van der Waals surface area contributed by atoms with Crippen LogP contribution in [-0.4, -0.2) is 31.1 Å². The molecule has 33 heavy (non-hydrogen) atoms. The number of hydrogen-bond donors (Lipinski definition) is 0. The van der Waals surface area contributed by atoms with Gasteiger partial charge in [0, 0.05) is 9.49 Å². The minimum absolute atomic E-state index is 0.184. The molecule has 1 heterocycles. The van der Waals surface area contributed by atoms with E-state index in [4.69, 9.17) is 4.74 Å². The number of likely N-dealkylation sites (tertiary alicyclic amines) is 1. The van der Waals surface area contributed by atoms with Crippen LogP contribution in [0.25, 0.3) is 5.57 Å². The van der Waals surface area contributed by atoms with Crippen molar-refractivity contribution in [2.24, 2.45) is 0 Å². The SMILES string of the molecule is C/C=C(\c1ccccc1)C(c1ccc(I)cc1)c1ccc(OCCCCN2CCCC2)cc1. The van der Waals surface area contributed by atoms with Gasteiger partial charge in [0.05, 0.1) is 6.61 Å². The lowest BCUT2D eigenvalue weighted by Gasteiger charge is -2.23. The summed E-state index contributed by atoms with van der Waals surface area (Å²) >= 11 is 2.37. The molecule has 0 saturated carbocycles. The fourth-order valence-corrected chi connectivity index (χ4v) is 5.09. The molecule has 3 aromatic rings. The van der Waals surface area contributed by atoms with E-state index in [1.54, 1.807) is 0 Å². The lowest BCUT2D eigenvalue weighted by atomic mass is 9.81. The zero-order valence-corrected chi connectivity index (χ0v) is 21.7. The number of nitrogens with zero attached hydrogens (tertiary/aromatic N) is 1. The highest BCUT2D eigenvalue weighted by Crippen LogP contribution is 2.38. The number of rotatable bonds is 10. The van der Waals surface area contributed by atoms with Crippen molar-refractivity contribution in [3.63, 3.8) is 0 Å². The van der Waals surface area contributed by atoms with E-state index in [0.29, 0.717) is 0 Å². The quantitative estimate of drug-likeness (QED) is 0.189. The van der Waals surface area contributed by atoms with Crippen molar-refractivity contribution in [2.45, 2.75) is 38.5 Å². The van der Waals surface area contributed by atoms with Crippen LogP contribution in [0.15, 0.2) is 84.9 Å². The second-order valence-electron chi connectivity index (χ2n) is 8.77. The topological polar surface area (TPSA) is 12.5 Å². The number of hydrogen-bond acceptors (Lipinski definition) is 2. The van der Waals surface area contributed by atoms with Crippen molar-refractivity contribution < 1.29 is 4.74 Å². The van der Waals surface area contributed by atoms with Crippen LogP contribution in [0.2, 0.25) is 0 Å². The van der Waals surface area contributed by atoms with E-state index in [-0.39, 0.29) is 5.92 Å². The minimum atomic E-state index is 0.184. The summed E-state index contributed by atoms with van der Waals surface area (Å²) in [6, 6.07) is 28.3. The average molecular weight is 552 g/mol. The molecule has 0 aliphatic carbocycles. The molecule has 0 amide bonds. The van der Waals surface area contributed by atoms with Crippen molar-refractivity contribution in [3.05, 3.63) is 105 Å². The van der Waals surface area contributed by atoms with Gasteiger partial charge >= 0.3 is 0 Å². The van der Waals surface area contributed by atoms with E-state index in [9.17, 15) is 0 Å². The highest BCUT2D eigenvalue weighted by Gasteiger charge is 2.20. The van der Waals surface area contributed by atoms with Gasteiger partial charge in [0.1, 0.15) is 5.75 Å². The first-order chi connectivity index (χ1) is 16.2. The number of allylic oxidation sites excluding steroid dienone is 2. The molecule has 0 N–H and O–H groups in total. The molecule has 1 atom stereocenters. The summed E-state index contributed by atoms with van der Waals surface area (Å²) in [6.07, 6.45) is 7.31. The Labute approximate surface area is 212 Å². The third-order valence-electron chi connectivity index (χ3n) is 6.48. The molecular weight excluding hydrogens is 517 g/mol. The van der Waals surface area contributed by atoms with E-state index < -0.39 is 0 Å². The van der Waals surface area contributed by atoms with E-state index in [2.05, 4.69) is 119 Å². The number of benzene rings is 3. The molecule has 3 heteroatoms. The molecule has 1 aliphatic rings. The minimum Gasteiger partial charge on any atom is -0.494 e. The first-order valence-electron chi connectivity index (χ1n) is 12.2. The van der Waals surface area contributed by atoms with Crippen molar-refractivity contribution in [3.8, 4) is 5.75 Å². The molecule has 3 aromatic carbocycles. The smallest absolute Gasteiger partial charge is 0.119 e. The van der Waals surface area contributed by atoms with Crippen molar-refractivity contribution >= 4 is 28.2 Å². The van der Waals surface area contributed by atoms with Crippen molar-refractivity contribution in [1.29, 1.82) is 0 Å². The molecular formula is C30H34INO. The first-order valence-corrected chi connectivity index (χ1v) is 13.2. The Morgan fingerprint density at radius 1 is 0.879 bits per heavy atom. The molecule has 2 nitrogen and oxygen atoms in total. The van der Waals surface area contributed by atoms with Crippen LogP contribution in [0.3, 0.4) is 0 Å². The third-order valence-corrected chi connectivity index (χ3v) is 7.20. The van der Waals surface area contributed by atoms with Crippen LogP contribution in [0.1, 0.15) is 55.2 Å². The normalized spacial score (nSPS) is 15.5. The molecule has 172 valence electrons. The van der Waals surface area contributed by atoms with E-state index in [1.165, 1.54) is 64.7 Å². The van der Waals surface area contributed by atoms with Gasteiger partial charge in [-0.15, -0.1) is 0 Å². The molecule has 1 aliphatic heterocycles. The summed E-state index contributed by atoms with van der Waals surface area (Å²) in [6.45, 7) is 6.70. The van der Waals surface area contributed by atoms with Crippen LogP contribution >= 0.6 is 22.6 Å². The maximum atomic E-state index is 6.06. The monoisotopic (exact) mass is 551 g/mol. The molecule has 0 bridgehead atoms. The highest BCUT2D eigenvalue weighted by atomic mass is 127. The lowest BCUT2D eigenvalue weighted by molar-refractivity contribution is 0.279. The Hall–Kier alpha value is -2.11. The van der Waals surface area contributed by atoms with Crippen LogP contribution in [-0.2, 0) is 0 Å². The third kappa shape index (κ3) is 6.70. The summed E-state index contributed by atoms with van der Waals surface area (Å²) < 4.78 is 7.32. The number of ether oxygens (including phenoxy) is 1. The Morgan fingerprint density at radius 2 is 1.52 bits per heavy atom. The zero-order chi connectivity index (χ0) is 22.9. The van der Waals surface area contributed by atoms with Gasteiger partial charge in [-0.3, -0.25) is 0 Å². The maximum absolute atomic E-state index is 6.06. The fraction of sp³-hybridized carbons (Fsp3) is 0.333. The van der Waals surface area contributed by atoms with E-state index in [0.717, 1.165) is 18.8 Å². The second-order valence-corrected chi connectivity index (χ2v) is 10.0. The van der Waals surface area contributed by atoms with Gasteiger partial charge in [0.15, 0.2) is 0 Å². The predicted octanol–water partition coefficient (Wildman–Crippen LogP) is 7.78. The zero-order valence-electron chi connectivity index (χ0n) is 19.6. The van der Waals surface area contributed by atoms with Crippen LogP contribution in [0, 0.1) is 3.57 Å². The molecule has 1 fully saturated rings. The van der Waals surface area contributed by atoms with Gasteiger partial charge in [-0.2, -0.15) is 0 Å². The van der Waals surface area contributed by atoms with Gasteiger partial charge in [-0.1, -0.05) is 60.7 Å². The van der Waals surface area contributed by atoms with E-state index in [1.807, 2.05) is 0 Å². The molecule has 4 rings (SSSR count). The molecule has 1 unspecified atom stereocenters. The molecule has 0 spiro atoms. The van der Waals surface area contributed by atoms with E-state index >= 15 is 0 Å². The summed E-state index contributed by atoms with van der Waals surface area (Å²) in [5, 5.41) is 0. The maximum Gasteiger partial charge on any atom is 0.119 e. The molecule has 0 radical (unpaired) electrons. The van der Waals surface area contributed by atoms with Crippen molar-refractivity contribution in [2.75, 3.05) is 26.2 Å². The largest absolute Gasteiger partial charge is 0.494 e. The Kier molecular flexibility index (Phi) is 9.01. The van der Waals surface area contributed by atoms with Crippen LogP contribution in [0.4, 0.5) is 0 Å². The summed E-state index contributed by atoms with van der Waals surface area (Å²) in [7, 11) is 0. The van der Waals surface area contributed by atoms with Crippen LogP contribution < -0.4 is 4.74 Å². The first kappa shape index (κ1) is 24.0. The molecule has 0 aromatic heterocycles. The average Bonchev–Trinajstić information content (AvgIpc) is 3.38. The number of unbranched alkanes of at least 4 members (excludes halogenated alkanes) is 1. The molecule has 1 saturated heterocycles. The van der Waals surface area contributed by atoms with Gasteiger partial charge < -0.3 is 9.64 Å². The Bertz CT molecular complexity index is 1010. The van der Waals surface area contributed by atoms with Crippen LogP contribution in [0.5, 0.6) is 5.75 Å². The summed E-state index contributed by atoms with van der Waals surface area (Å²) in [5.74, 6) is 1.15. The lowest BCUT2D eigenvalue weighted by Crippen LogP contribution is -2.20. The second kappa shape index (κ2) is 12.4. The number of halogens is 1. The Morgan fingerprint density at radius 3 is 2.15 bits per heavy atom. The van der Waals surface area contributed by atoms with Gasteiger partial charge in [0.25, 0.3) is 0 Å². The highest BCUT2D eigenvalue weighted by molar-refractivity contribution is 14.1. The van der Waals surface area contributed by atoms with Gasteiger partial charge in [-0.25, -0.2) is 0 Å². The summed E-state index contributed by atoms with van der Waals surface area (Å²) in [5.41, 5.74) is 5.19. The van der Waals surface area contributed by atoms with Gasteiger partial charge in [0.2, 0.25) is 0 Å². The summed E-state index contributed by atoms with van der Waals surface area (Å²) in [4.78, 5) is 2.57. The predicted molar refractivity (Wildman–Crippen MR) is 148 cm³/mol. The fourth-order valence-electron chi connectivity index (χ4n) is 4.73. The van der Waals surface area contributed by atoms with Crippen molar-refractivity contribution in [1.82, 2.24) is 4.90 Å². The standard InChI is InChI=1S/C30H34INO/c1-2-29(24-10-4-3-5-11-24)30(25-12-16-27(31)17-13-25)26-14-18-28(19-15-26)33-23-9-8-22-32-20-6-7-21-32/h2-5,10-19,30H,6-9,20-23H2,1H3/b29-2+. The van der Waals surface area contributed by atoms with Gasteiger partial charge in [-0.05, 0) is 121 Å². The Balaban J connectivity index is 1.46.